The van der Waals surface area contributed by atoms with E-state index in [1.807, 2.05) is 35.2 Å². The number of halogens is 1. The number of hydrogen-bond acceptors (Lipinski definition) is 1. The van der Waals surface area contributed by atoms with Crippen molar-refractivity contribution in [3.63, 3.8) is 0 Å². The number of piperidine rings is 1. The molecule has 0 aromatic carbocycles. The van der Waals surface area contributed by atoms with Gasteiger partial charge in [0.2, 0.25) is 6.54 Å². The van der Waals surface area contributed by atoms with E-state index in [2.05, 4.69) is 11.8 Å². The molecule has 4 heteroatoms. The Labute approximate surface area is 115 Å². The van der Waals surface area contributed by atoms with Gasteiger partial charge in [-0.3, -0.25) is 4.79 Å². The second kappa shape index (κ2) is 7.37. The van der Waals surface area contributed by atoms with Gasteiger partial charge in [0, 0.05) is 24.7 Å². The van der Waals surface area contributed by atoms with Crippen LogP contribution in [0.5, 0.6) is 0 Å². The van der Waals surface area contributed by atoms with Crippen molar-refractivity contribution >= 4 is 5.91 Å². The van der Waals surface area contributed by atoms with Gasteiger partial charge in [0.05, 0.1) is 0 Å². The average molecular weight is 269 g/mol. The van der Waals surface area contributed by atoms with Crippen LogP contribution in [0, 0.1) is 0 Å². The van der Waals surface area contributed by atoms with E-state index in [-0.39, 0.29) is 18.3 Å². The van der Waals surface area contributed by atoms with Gasteiger partial charge in [0.25, 0.3) is 5.91 Å². The van der Waals surface area contributed by atoms with Gasteiger partial charge in [-0.25, -0.2) is 0 Å². The summed E-state index contributed by atoms with van der Waals surface area (Å²) in [5.41, 5.74) is 0. The molecule has 0 aliphatic carbocycles. The Kier molecular flexibility index (Phi) is 6.13. The smallest absolute Gasteiger partial charge is 0.288 e. The highest BCUT2D eigenvalue weighted by Crippen LogP contribution is 2.19. The van der Waals surface area contributed by atoms with Gasteiger partial charge in [-0.05, 0) is 25.7 Å². The third-order valence-corrected chi connectivity index (χ3v) is 3.51. The topological polar surface area (TPSA) is 24.2 Å². The number of amides is 1. The largest absolute Gasteiger partial charge is 1.00 e. The fourth-order valence-electron chi connectivity index (χ4n) is 2.54. The Morgan fingerprint density at radius 3 is 2.67 bits per heavy atom. The molecule has 0 N–H and O–H groups in total. The molecule has 3 nitrogen and oxygen atoms in total. The first-order valence-corrected chi connectivity index (χ1v) is 6.55. The first kappa shape index (κ1) is 15.0. The molecule has 18 heavy (non-hydrogen) atoms. The molecule has 1 aliphatic heterocycles. The highest BCUT2D eigenvalue weighted by atomic mass is 35.5. The maximum Gasteiger partial charge on any atom is 0.288 e. The molecule has 0 radical (unpaired) electrons. The molecule has 1 aliphatic rings. The van der Waals surface area contributed by atoms with Gasteiger partial charge in [-0.1, -0.05) is 13.0 Å². The van der Waals surface area contributed by atoms with Gasteiger partial charge in [-0.2, -0.15) is 4.57 Å². The van der Waals surface area contributed by atoms with Gasteiger partial charge in [0.1, 0.15) is 0 Å². The molecule has 1 amide bonds. The minimum atomic E-state index is 0. The highest BCUT2D eigenvalue weighted by molar-refractivity contribution is 5.75. The van der Waals surface area contributed by atoms with Gasteiger partial charge >= 0.3 is 0 Å². The van der Waals surface area contributed by atoms with Crippen LogP contribution < -0.4 is 17.0 Å². The monoisotopic (exact) mass is 268 g/mol. The van der Waals surface area contributed by atoms with Crippen molar-refractivity contribution < 1.29 is 21.8 Å². The van der Waals surface area contributed by atoms with E-state index >= 15 is 0 Å². The van der Waals surface area contributed by atoms with Crippen molar-refractivity contribution in [2.24, 2.45) is 0 Å². The third kappa shape index (κ3) is 3.70. The lowest BCUT2D eigenvalue weighted by Crippen LogP contribution is -3.00. The number of rotatable bonds is 3. The molecule has 1 saturated heterocycles. The molecule has 2 rings (SSSR count). The molecule has 1 fully saturated rings. The van der Waals surface area contributed by atoms with Crippen LogP contribution in [0.15, 0.2) is 30.6 Å². The fraction of sp³-hybridized carbons (Fsp3) is 0.571. The zero-order valence-corrected chi connectivity index (χ0v) is 11.6. The van der Waals surface area contributed by atoms with Gasteiger partial charge < -0.3 is 17.3 Å². The van der Waals surface area contributed by atoms with Crippen LogP contribution in [-0.2, 0) is 11.3 Å². The molecule has 1 aromatic rings. The number of nitrogens with zero attached hydrogens (tertiary/aromatic N) is 2. The quantitative estimate of drug-likeness (QED) is 0.630. The summed E-state index contributed by atoms with van der Waals surface area (Å²) in [5, 5.41) is 0. The lowest BCUT2D eigenvalue weighted by atomic mass is 10.00. The molecule has 2 heterocycles. The Balaban J connectivity index is 0.00000162. The average Bonchev–Trinajstić information content (AvgIpc) is 2.40. The van der Waals surface area contributed by atoms with Crippen molar-refractivity contribution in [1.29, 1.82) is 0 Å². The van der Waals surface area contributed by atoms with Crippen molar-refractivity contribution in [2.45, 2.75) is 45.2 Å². The van der Waals surface area contributed by atoms with Gasteiger partial charge in [-0.15, -0.1) is 0 Å². The number of hydrogen-bond donors (Lipinski definition) is 0. The molecule has 0 bridgehead atoms. The summed E-state index contributed by atoms with van der Waals surface area (Å²) in [6.45, 7) is 3.58. The lowest BCUT2D eigenvalue weighted by Gasteiger charge is -2.34. The molecule has 1 atom stereocenters. The summed E-state index contributed by atoms with van der Waals surface area (Å²) in [4.78, 5) is 14.3. The number of carbonyl (C=O) groups excluding carboxylic acids is 1. The molecule has 100 valence electrons. The Bertz CT molecular complexity index is 369. The van der Waals surface area contributed by atoms with Crippen molar-refractivity contribution in [3.8, 4) is 0 Å². The van der Waals surface area contributed by atoms with Crippen molar-refractivity contribution in [2.75, 3.05) is 6.54 Å². The molecule has 0 saturated carbocycles. The predicted octanol–water partition coefficient (Wildman–Crippen LogP) is -1.23. The number of carbonyl (C=O) groups is 1. The van der Waals surface area contributed by atoms with E-state index in [4.69, 9.17) is 0 Å². The maximum absolute atomic E-state index is 12.2. The lowest BCUT2D eigenvalue weighted by molar-refractivity contribution is -0.685. The zero-order valence-electron chi connectivity index (χ0n) is 10.9. The number of aromatic nitrogens is 1. The van der Waals surface area contributed by atoms with Crippen LogP contribution in [0.4, 0.5) is 0 Å². The zero-order chi connectivity index (χ0) is 12.1. The van der Waals surface area contributed by atoms with Crippen LogP contribution in [0.1, 0.15) is 32.6 Å². The first-order chi connectivity index (χ1) is 8.31. The summed E-state index contributed by atoms with van der Waals surface area (Å²) >= 11 is 0. The van der Waals surface area contributed by atoms with Crippen LogP contribution >= 0.6 is 0 Å². The Morgan fingerprint density at radius 1 is 1.28 bits per heavy atom. The van der Waals surface area contributed by atoms with E-state index in [0.29, 0.717) is 12.6 Å². The van der Waals surface area contributed by atoms with E-state index < -0.39 is 0 Å². The minimum Gasteiger partial charge on any atom is -1.00 e. The van der Waals surface area contributed by atoms with E-state index in [0.717, 1.165) is 19.4 Å². The van der Waals surface area contributed by atoms with Crippen LogP contribution in [0.3, 0.4) is 0 Å². The normalized spacial score (nSPS) is 19.2. The van der Waals surface area contributed by atoms with Crippen molar-refractivity contribution in [1.82, 2.24) is 4.90 Å². The molecule has 1 aromatic heterocycles. The van der Waals surface area contributed by atoms with E-state index in [9.17, 15) is 4.79 Å². The standard InChI is InChI=1S/C14H21N2O.ClH/c1-2-13-8-4-7-11-16(13)14(17)12-15-9-5-3-6-10-15;/h3,5-6,9-10,13H,2,4,7-8,11-12H2,1H3;1H/q+1;/p-1. The Hall–Kier alpha value is -1.09. The molecular weight excluding hydrogens is 248 g/mol. The van der Waals surface area contributed by atoms with Crippen LogP contribution in [0.2, 0.25) is 0 Å². The number of likely N-dealkylation sites (tertiary alicyclic amines) is 1. The molecular formula is C14H21ClN2O. The first-order valence-electron chi connectivity index (χ1n) is 6.55. The summed E-state index contributed by atoms with van der Waals surface area (Å²) in [6, 6.07) is 6.35. The second-order valence-corrected chi connectivity index (χ2v) is 4.69. The van der Waals surface area contributed by atoms with Crippen molar-refractivity contribution in [3.05, 3.63) is 30.6 Å². The third-order valence-electron chi connectivity index (χ3n) is 3.51. The second-order valence-electron chi connectivity index (χ2n) is 4.69. The summed E-state index contributed by atoms with van der Waals surface area (Å²) < 4.78 is 1.95. The molecule has 1 unspecified atom stereocenters. The van der Waals surface area contributed by atoms with Crippen LogP contribution in [-0.4, -0.2) is 23.4 Å². The minimum absolute atomic E-state index is 0. The summed E-state index contributed by atoms with van der Waals surface area (Å²) in [5.74, 6) is 0.257. The predicted molar refractivity (Wildman–Crippen MR) is 66.3 cm³/mol. The Morgan fingerprint density at radius 2 is 2.00 bits per heavy atom. The van der Waals surface area contributed by atoms with E-state index in [1.54, 1.807) is 0 Å². The molecule has 0 spiro atoms. The van der Waals surface area contributed by atoms with E-state index in [1.165, 1.54) is 12.8 Å². The summed E-state index contributed by atoms with van der Waals surface area (Å²) in [6.07, 6.45) is 8.56. The SMILES string of the molecule is CCC1CCCCN1C(=O)C[n+]1ccccc1.[Cl-]. The highest BCUT2D eigenvalue weighted by Gasteiger charge is 2.26. The maximum atomic E-state index is 12.2. The fourth-order valence-corrected chi connectivity index (χ4v) is 2.54. The van der Waals surface area contributed by atoms with Crippen LogP contribution in [0.25, 0.3) is 0 Å². The van der Waals surface area contributed by atoms with Gasteiger partial charge in [0.15, 0.2) is 12.4 Å². The number of pyridine rings is 1. The summed E-state index contributed by atoms with van der Waals surface area (Å²) in [7, 11) is 0.